The highest BCUT2D eigenvalue weighted by atomic mass is 35.5. The Morgan fingerprint density at radius 2 is 1.39 bits per heavy atom. The fourth-order valence-electron chi connectivity index (χ4n) is 4.39. The first-order valence-corrected chi connectivity index (χ1v) is 12.5. The summed E-state index contributed by atoms with van der Waals surface area (Å²) in [7, 11) is 0. The minimum atomic E-state index is -0.566. The van der Waals surface area contributed by atoms with Gasteiger partial charge in [-0.1, -0.05) is 84.9 Å². The number of Topliss-reactive ketones (excluding diaryl/α,β-unsaturated/α-hetero) is 1. The summed E-state index contributed by atoms with van der Waals surface area (Å²) in [6, 6.07) is 20.4. The second kappa shape index (κ2) is 12.1. The molecular formula is C31H27ClO6. The van der Waals surface area contributed by atoms with Crippen molar-refractivity contribution in [1.29, 1.82) is 0 Å². The molecule has 3 aromatic carbocycles. The van der Waals surface area contributed by atoms with Crippen molar-refractivity contribution in [2.45, 2.75) is 0 Å². The number of hydrogen-bond donors (Lipinski definition) is 2. The SMILES string of the molecule is C=C(C(=O)c1ccc(/C=C/C(=O)OCC2[C@@H](CO)[C@H]2CO)c(Cl)c1)c1ccc(C(=O)c2ccccc2)cc1. The van der Waals surface area contributed by atoms with Crippen LogP contribution in [0.15, 0.2) is 85.5 Å². The third-order valence-electron chi connectivity index (χ3n) is 6.82. The first-order chi connectivity index (χ1) is 18.3. The van der Waals surface area contributed by atoms with Crippen molar-refractivity contribution in [2.24, 2.45) is 17.8 Å². The van der Waals surface area contributed by atoms with Gasteiger partial charge in [0.15, 0.2) is 11.6 Å². The van der Waals surface area contributed by atoms with E-state index in [1.807, 2.05) is 6.07 Å². The number of esters is 1. The zero-order valence-corrected chi connectivity index (χ0v) is 21.3. The predicted molar refractivity (Wildman–Crippen MR) is 146 cm³/mol. The molecule has 4 rings (SSSR count). The first kappa shape index (κ1) is 27.2. The first-order valence-electron chi connectivity index (χ1n) is 12.1. The molecule has 0 spiro atoms. The number of halogens is 1. The lowest BCUT2D eigenvalue weighted by Crippen LogP contribution is -2.06. The van der Waals surface area contributed by atoms with Crippen LogP contribution in [0.4, 0.5) is 0 Å². The molecular weight excluding hydrogens is 504 g/mol. The van der Waals surface area contributed by atoms with E-state index >= 15 is 0 Å². The summed E-state index contributed by atoms with van der Waals surface area (Å²) >= 11 is 6.36. The zero-order chi connectivity index (χ0) is 27.2. The fourth-order valence-corrected chi connectivity index (χ4v) is 4.63. The van der Waals surface area contributed by atoms with E-state index < -0.39 is 5.97 Å². The van der Waals surface area contributed by atoms with Crippen molar-refractivity contribution in [3.05, 3.63) is 118 Å². The van der Waals surface area contributed by atoms with Crippen LogP contribution in [0.3, 0.4) is 0 Å². The van der Waals surface area contributed by atoms with Gasteiger partial charge in [0, 0.05) is 52.5 Å². The monoisotopic (exact) mass is 530 g/mol. The van der Waals surface area contributed by atoms with E-state index in [9.17, 15) is 24.6 Å². The van der Waals surface area contributed by atoms with Crippen LogP contribution in [0.1, 0.15) is 37.4 Å². The van der Waals surface area contributed by atoms with Gasteiger partial charge in [-0.25, -0.2) is 4.79 Å². The number of rotatable bonds is 11. The summed E-state index contributed by atoms with van der Waals surface area (Å²) in [4.78, 5) is 37.7. The van der Waals surface area contributed by atoms with Crippen LogP contribution in [-0.4, -0.2) is 47.6 Å². The summed E-state index contributed by atoms with van der Waals surface area (Å²) < 4.78 is 5.20. The molecule has 7 heteroatoms. The van der Waals surface area contributed by atoms with Gasteiger partial charge in [0.05, 0.1) is 6.61 Å². The van der Waals surface area contributed by atoms with E-state index in [1.54, 1.807) is 60.7 Å². The molecule has 0 heterocycles. The van der Waals surface area contributed by atoms with Gasteiger partial charge in [0.25, 0.3) is 0 Å². The van der Waals surface area contributed by atoms with Crippen molar-refractivity contribution in [1.82, 2.24) is 0 Å². The average molecular weight is 531 g/mol. The van der Waals surface area contributed by atoms with E-state index in [0.717, 1.165) is 0 Å². The zero-order valence-electron chi connectivity index (χ0n) is 20.5. The minimum Gasteiger partial charge on any atom is -0.462 e. The smallest absolute Gasteiger partial charge is 0.330 e. The molecule has 6 nitrogen and oxygen atoms in total. The second-order valence-electron chi connectivity index (χ2n) is 9.14. The van der Waals surface area contributed by atoms with E-state index in [2.05, 4.69) is 6.58 Å². The maximum atomic E-state index is 13.0. The highest BCUT2D eigenvalue weighted by Crippen LogP contribution is 2.45. The molecule has 38 heavy (non-hydrogen) atoms. The molecule has 0 radical (unpaired) electrons. The van der Waals surface area contributed by atoms with Gasteiger partial charge in [0.1, 0.15) is 0 Å². The van der Waals surface area contributed by atoms with Gasteiger partial charge >= 0.3 is 5.97 Å². The Labute approximate surface area is 225 Å². The van der Waals surface area contributed by atoms with Crippen LogP contribution in [0, 0.1) is 17.8 Å². The van der Waals surface area contributed by atoms with Gasteiger partial charge in [0.2, 0.25) is 0 Å². The fraction of sp³-hybridized carbons (Fsp3) is 0.194. The molecule has 0 aliphatic heterocycles. The van der Waals surface area contributed by atoms with Crippen molar-refractivity contribution in [2.75, 3.05) is 19.8 Å². The summed E-state index contributed by atoms with van der Waals surface area (Å²) in [6.45, 7) is 3.96. The Hall–Kier alpha value is -3.84. The number of benzene rings is 3. The van der Waals surface area contributed by atoms with Gasteiger partial charge in [-0.05, 0) is 35.1 Å². The lowest BCUT2D eigenvalue weighted by Gasteiger charge is -2.08. The summed E-state index contributed by atoms with van der Waals surface area (Å²) in [5.41, 5.74) is 2.81. The molecule has 0 bridgehead atoms. The van der Waals surface area contributed by atoms with Gasteiger partial charge in [-0.3, -0.25) is 9.59 Å². The Morgan fingerprint density at radius 3 is 2.00 bits per heavy atom. The van der Waals surface area contributed by atoms with Crippen LogP contribution >= 0.6 is 11.6 Å². The number of ether oxygens (including phenoxy) is 1. The van der Waals surface area contributed by atoms with Crippen LogP contribution < -0.4 is 0 Å². The Morgan fingerprint density at radius 1 is 0.816 bits per heavy atom. The summed E-state index contributed by atoms with van der Waals surface area (Å²) in [5.74, 6) is -1.11. The topological polar surface area (TPSA) is 101 Å². The normalized spacial score (nSPS) is 18.2. The highest BCUT2D eigenvalue weighted by molar-refractivity contribution is 6.34. The summed E-state index contributed by atoms with van der Waals surface area (Å²) in [5, 5.41) is 18.7. The van der Waals surface area contributed by atoms with Crippen LogP contribution in [0.5, 0.6) is 0 Å². The maximum Gasteiger partial charge on any atom is 0.330 e. The molecule has 1 aliphatic carbocycles. The molecule has 0 amide bonds. The average Bonchev–Trinajstić information content (AvgIpc) is 3.66. The third kappa shape index (κ3) is 6.17. The molecule has 1 unspecified atom stereocenters. The van der Waals surface area contributed by atoms with Gasteiger partial charge < -0.3 is 14.9 Å². The van der Waals surface area contributed by atoms with Crippen molar-refractivity contribution >= 4 is 40.8 Å². The Bertz CT molecular complexity index is 1370. The molecule has 2 N–H and O–H groups in total. The number of carbonyl (C=O) groups is 3. The number of carbonyl (C=O) groups excluding carboxylic acids is 3. The molecule has 1 fully saturated rings. The molecule has 0 aromatic heterocycles. The molecule has 0 saturated heterocycles. The van der Waals surface area contributed by atoms with E-state index in [-0.39, 0.29) is 59.7 Å². The third-order valence-corrected chi connectivity index (χ3v) is 7.14. The number of aliphatic hydroxyl groups excluding tert-OH is 2. The van der Waals surface area contributed by atoms with E-state index in [1.165, 1.54) is 18.2 Å². The maximum absolute atomic E-state index is 13.0. The standard InChI is InChI=1S/C31H27ClO6/c1-19(20-7-10-23(11-8-20)31(37)22-5-3-2-4-6-22)30(36)24-12-9-21(28(32)15-24)13-14-29(35)38-18-27-25(16-33)26(27)17-34/h2-15,25-27,33-34H,1,16-18H2/b14-13+/t25-,26+,27?. The van der Waals surface area contributed by atoms with Crippen molar-refractivity contribution < 1.29 is 29.3 Å². The lowest BCUT2D eigenvalue weighted by molar-refractivity contribution is -0.138. The molecule has 1 saturated carbocycles. The number of hydrogen-bond acceptors (Lipinski definition) is 6. The molecule has 3 aromatic rings. The second-order valence-corrected chi connectivity index (χ2v) is 9.54. The van der Waals surface area contributed by atoms with Crippen LogP contribution in [-0.2, 0) is 9.53 Å². The van der Waals surface area contributed by atoms with E-state index in [4.69, 9.17) is 16.3 Å². The number of ketones is 2. The van der Waals surface area contributed by atoms with Crippen molar-refractivity contribution in [3.8, 4) is 0 Å². The lowest BCUT2D eigenvalue weighted by atomic mass is 9.95. The Balaban J connectivity index is 1.36. The number of allylic oxidation sites excluding steroid dienone is 1. The number of aliphatic hydroxyl groups is 2. The van der Waals surface area contributed by atoms with Crippen LogP contribution in [0.2, 0.25) is 5.02 Å². The quantitative estimate of drug-likeness (QED) is 0.208. The largest absolute Gasteiger partial charge is 0.462 e. The van der Waals surface area contributed by atoms with E-state index in [0.29, 0.717) is 27.8 Å². The van der Waals surface area contributed by atoms with Crippen LogP contribution in [0.25, 0.3) is 11.6 Å². The van der Waals surface area contributed by atoms with Gasteiger partial charge in [-0.2, -0.15) is 0 Å². The Kier molecular flexibility index (Phi) is 8.69. The molecule has 1 aliphatic rings. The highest BCUT2D eigenvalue weighted by Gasteiger charge is 2.49. The predicted octanol–water partition coefficient (Wildman–Crippen LogP) is 4.87. The molecule has 194 valence electrons. The minimum absolute atomic E-state index is 0.0371. The van der Waals surface area contributed by atoms with Gasteiger partial charge in [-0.15, -0.1) is 0 Å². The molecule has 3 atom stereocenters. The van der Waals surface area contributed by atoms with Crippen molar-refractivity contribution in [3.63, 3.8) is 0 Å². The summed E-state index contributed by atoms with van der Waals surface area (Å²) in [6.07, 6.45) is 2.74.